The maximum Gasteiger partial charge on any atom is 0.325 e. The molecular weight excluding hydrogens is 290 g/mol. The number of hydrogen-bond donors (Lipinski definition) is 0. The third-order valence-corrected chi connectivity index (χ3v) is 2.87. The lowest BCUT2D eigenvalue weighted by atomic mass is 10.2. The Morgan fingerprint density at radius 3 is 2.59 bits per heavy atom. The van der Waals surface area contributed by atoms with Crippen LogP contribution in [0, 0.1) is 0 Å². The summed E-state index contributed by atoms with van der Waals surface area (Å²) in [5.74, 6) is -0.724. The van der Waals surface area contributed by atoms with E-state index in [1.807, 2.05) is 13.8 Å². The number of esters is 1. The van der Waals surface area contributed by atoms with E-state index in [0.29, 0.717) is 10.2 Å². The second-order valence-corrected chi connectivity index (χ2v) is 4.43. The third-order valence-electron chi connectivity index (χ3n) is 2.26. The van der Waals surface area contributed by atoms with Crippen molar-refractivity contribution in [3.63, 3.8) is 0 Å². The molecule has 1 aromatic rings. The Morgan fingerprint density at radius 2 is 2.18 bits per heavy atom. The zero-order chi connectivity index (χ0) is 13.0. The molecular formula is C11H14BrNO4. The number of furan rings is 1. The van der Waals surface area contributed by atoms with Crippen molar-refractivity contribution >= 4 is 27.8 Å². The molecule has 0 aliphatic carbocycles. The molecule has 0 aromatic carbocycles. The summed E-state index contributed by atoms with van der Waals surface area (Å²) in [6.45, 7) is 3.58. The van der Waals surface area contributed by atoms with Gasteiger partial charge in [-0.15, -0.1) is 0 Å². The summed E-state index contributed by atoms with van der Waals surface area (Å²) in [5.41, 5.74) is 0.391. The quantitative estimate of drug-likeness (QED) is 0.799. The average Bonchev–Trinajstić information content (AvgIpc) is 2.70. The van der Waals surface area contributed by atoms with E-state index < -0.39 is 5.97 Å². The zero-order valence-corrected chi connectivity index (χ0v) is 11.5. The number of carbonyl (C=O) groups excluding carboxylic acids is 2. The molecule has 0 saturated carbocycles. The van der Waals surface area contributed by atoms with E-state index >= 15 is 0 Å². The fraction of sp³-hybridized carbons (Fsp3) is 0.455. The van der Waals surface area contributed by atoms with Gasteiger partial charge in [-0.2, -0.15) is 0 Å². The van der Waals surface area contributed by atoms with Crippen molar-refractivity contribution in [1.29, 1.82) is 0 Å². The second-order valence-electron chi connectivity index (χ2n) is 3.71. The minimum atomic E-state index is -0.452. The minimum absolute atomic E-state index is 0.0788. The topological polar surface area (TPSA) is 59.8 Å². The predicted octanol–water partition coefficient (Wildman–Crippen LogP) is 2.07. The number of amides is 1. The van der Waals surface area contributed by atoms with E-state index in [0.717, 1.165) is 0 Å². The molecule has 0 fully saturated rings. The largest absolute Gasteiger partial charge is 0.468 e. The van der Waals surface area contributed by atoms with E-state index in [1.54, 1.807) is 6.07 Å². The number of rotatable bonds is 4. The number of halogens is 1. The van der Waals surface area contributed by atoms with Gasteiger partial charge in [0.25, 0.3) is 5.91 Å². The number of nitrogens with zero attached hydrogens (tertiary/aromatic N) is 1. The molecule has 0 bridgehead atoms. The van der Waals surface area contributed by atoms with Crippen LogP contribution in [0.2, 0.25) is 0 Å². The Kier molecular flexibility index (Phi) is 4.74. The first-order chi connectivity index (χ1) is 7.97. The van der Waals surface area contributed by atoms with Gasteiger partial charge in [0.2, 0.25) is 0 Å². The molecule has 0 atom stereocenters. The highest BCUT2D eigenvalue weighted by Gasteiger charge is 2.24. The van der Waals surface area contributed by atoms with Gasteiger partial charge in [-0.25, -0.2) is 0 Å². The maximum absolute atomic E-state index is 12.1. The molecule has 17 heavy (non-hydrogen) atoms. The van der Waals surface area contributed by atoms with Gasteiger partial charge < -0.3 is 14.1 Å². The maximum atomic E-state index is 12.1. The molecule has 5 nitrogen and oxygen atoms in total. The molecule has 94 valence electrons. The van der Waals surface area contributed by atoms with Crippen molar-refractivity contribution in [2.24, 2.45) is 0 Å². The van der Waals surface area contributed by atoms with Crippen molar-refractivity contribution in [2.75, 3.05) is 13.7 Å². The Balaban J connectivity index is 2.89. The molecule has 0 saturated heterocycles. The van der Waals surface area contributed by atoms with Crippen LogP contribution in [-0.2, 0) is 9.53 Å². The van der Waals surface area contributed by atoms with E-state index in [4.69, 9.17) is 4.42 Å². The van der Waals surface area contributed by atoms with Crippen LogP contribution in [0.1, 0.15) is 24.2 Å². The third kappa shape index (κ3) is 3.33. The SMILES string of the molecule is COC(=O)CN(C(=O)c1ccoc1Br)C(C)C. The molecule has 0 radical (unpaired) electrons. The van der Waals surface area contributed by atoms with Crippen LogP contribution in [0.15, 0.2) is 21.4 Å². The van der Waals surface area contributed by atoms with Gasteiger partial charge in [0.1, 0.15) is 6.54 Å². The van der Waals surface area contributed by atoms with Crippen molar-refractivity contribution in [3.8, 4) is 0 Å². The van der Waals surface area contributed by atoms with Gasteiger partial charge in [-0.3, -0.25) is 9.59 Å². The van der Waals surface area contributed by atoms with Gasteiger partial charge >= 0.3 is 5.97 Å². The highest BCUT2D eigenvalue weighted by molar-refractivity contribution is 9.10. The molecule has 0 N–H and O–H groups in total. The summed E-state index contributed by atoms with van der Waals surface area (Å²) in [7, 11) is 1.29. The van der Waals surface area contributed by atoms with E-state index in [9.17, 15) is 9.59 Å². The zero-order valence-electron chi connectivity index (χ0n) is 9.90. The van der Waals surface area contributed by atoms with Crippen molar-refractivity contribution in [3.05, 3.63) is 22.6 Å². The summed E-state index contributed by atoms with van der Waals surface area (Å²) in [6.07, 6.45) is 1.41. The number of hydrogen-bond acceptors (Lipinski definition) is 4. The summed E-state index contributed by atoms with van der Waals surface area (Å²) >= 11 is 3.14. The monoisotopic (exact) mass is 303 g/mol. The highest BCUT2D eigenvalue weighted by Crippen LogP contribution is 2.20. The lowest BCUT2D eigenvalue weighted by Gasteiger charge is -2.25. The lowest BCUT2D eigenvalue weighted by Crippen LogP contribution is -2.41. The van der Waals surface area contributed by atoms with Gasteiger partial charge in [0, 0.05) is 6.04 Å². The fourth-order valence-electron chi connectivity index (χ4n) is 1.29. The van der Waals surface area contributed by atoms with E-state index in [-0.39, 0.29) is 18.5 Å². The first kappa shape index (κ1) is 13.8. The fourth-order valence-corrected chi connectivity index (χ4v) is 1.70. The average molecular weight is 304 g/mol. The number of ether oxygens (including phenoxy) is 1. The minimum Gasteiger partial charge on any atom is -0.468 e. The van der Waals surface area contributed by atoms with Gasteiger partial charge in [0.15, 0.2) is 4.67 Å². The summed E-state index contributed by atoms with van der Waals surface area (Å²) in [6, 6.07) is 1.45. The van der Waals surface area contributed by atoms with Crippen LogP contribution in [0.25, 0.3) is 0 Å². The first-order valence-corrected chi connectivity index (χ1v) is 5.87. The predicted molar refractivity (Wildman–Crippen MR) is 64.6 cm³/mol. The summed E-state index contributed by atoms with van der Waals surface area (Å²) in [5, 5.41) is 0. The van der Waals surface area contributed by atoms with Gasteiger partial charge in [-0.1, -0.05) is 0 Å². The highest BCUT2D eigenvalue weighted by atomic mass is 79.9. The Morgan fingerprint density at radius 1 is 1.53 bits per heavy atom. The second kappa shape index (κ2) is 5.86. The van der Waals surface area contributed by atoms with E-state index in [2.05, 4.69) is 20.7 Å². The molecule has 0 aliphatic heterocycles. The standard InChI is InChI=1S/C11H14BrNO4/c1-7(2)13(6-9(14)16-3)11(15)8-4-5-17-10(8)12/h4-5,7H,6H2,1-3H3. The molecule has 0 aliphatic rings. The molecule has 1 rings (SSSR count). The molecule has 6 heteroatoms. The molecule has 1 heterocycles. The van der Waals surface area contributed by atoms with Gasteiger partial charge in [0.05, 0.1) is 18.9 Å². The van der Waals surface area contributed by atoms with Crippen LogP contribution in [0.3, 0.4) is 0 Å². The van der Waals surface area contributed by atoms with Crippen LogP contribution in [0.4, 0.5) is 0 Å². The smallest absolute Gasteiger partial charge is 0.325 e. The van der Waals surface area contributed by atoms with Crippen LogP contribution in [-0.4, -0.2) is 36.5 Å². The van der Waals surface area contributed by atoms with Crippen molar-refractivity contribution in [2.45, 2.75) is 19.9 Å². The van der Waals surface area contributed by atoms with Crippen molar-refractivity contribution in [1.82, 2.24) is 4.90 Å². The van der Waals surface area contributed by atoms with Crippen LogP contribution in [0.5, 0.6) is 0 Å². The Hall–Kier alpha value is -1.30. The molecule has 0 spiro atoms. The normalized spacial score (nSPS) is 10.4. The lowest BCUT2D eigenvalue weighted by molar-refractivity contribution is -0.141. The molecule has 0 unspecified atom stereocenters. The molecule has 1 amide bonds. The summed E-state index contributed by atoms with van der Waals surface area (Å²) in [4.78, 5) is 24.8. The number of carbonyl (C=O) groups is 2. The first-order valence-electron chi connectivity index (χ1n) is 5.08. The number of methoxy groups -OCH3 is 1. The Bertz CT molecular complexity index is 413. The van der Waals surface area contributed by atoms with Crippen molar-refractivity contribution < 1.29 is 18.7 Å². The van der Waals surface area contributed by atoms with Crippen LogP contribution < -0.4 is 0 Å². The summed E-state index contributed by atoms with van der Waals surface area (Å²) < 4.78 is 9.92. The van der Waals surface area contributed by atoms with E-state index in [1.165, 1.54) is 18.3 Å². The van der Waals surface area contributed by atoms with Crippen LogP contribution >= 0.6 is 15.9 Å². The molecule has 1 aromatic heterocycles. The van der Waals surface area contributed by atoms with Gasteiger partial charge in [-0.05, 0) is 35.8 Å². The Labute approximate surface area is 108 Å².